The molecule has 0 aromatic carbocycles. The minimum absolute atomic E-state index is 0.0521. The second kappa shape index (κ2) is 13.9. The highest BCUT2D eigenvalue weighted by Gasteiger charge is 2.70. The summed E-state index contributed by atoms with van der Waals surface area (Å²) in [5.41, 5.74) is -0.133. The monoisotopic (exact) mass is 692 g/mol. The van der Waals surface area contributed by atoms with Gasteiger partial charge in [-0.25, -0.2) is 0 Å². The van der Waals surface area contributed by atoms with E-state index in [1.54, 1.807) is 0 Å². The molecule has 48 heavy (non-hydrogen) atoms. The molecule has 2 saturated carbocycles. The predicted molar refractivity (Wildman–Crippen MR) is 182 cm³/mol. The summed E-state index contributed by atoms with van der Waals surface area (Å²) in [6, 6.07) is 2.89. The number of ether oxygens (including phenoxy) is 5. The fourth-order valence-corrected chi connectivity index (χ4v) is 12.7. The molecule has 3 fully saturated rings. The molecule has 1 heterocycles. The zero-order chi connectivity index (χ0) is 36.0. The van der Waals surface area contributed by atoms with Crippen molar-refractivity contribution in [1.82, 2.24) is 0 Å². The largest absolute Gasteiger partial charge is 0.463 e. The number of rotatable bonds is 11. The molecule has 272 valence electrons. The highest BCUT2D eigenvalue weighted by Crippen LogP contribution is 2.64. The van der Waals surface area contributed by atoms with E-state index >= 15 is 0 Å². The number of Topliss-reactive ketones (excluding diaryl/α,β-unsaturated/α-hetero) is 1. The van der Waals surface area contributed by atoms with E-state index in [-0.39, 0.29) is 30.8 Å². The molecule has 0 amide bonds. The molecule has 11 heteroatoms. The van der Waals surface area contributed by atoms with Gasteiger partial charge in [0, 0.05) is 25.7 Å². The van der Waals surface area contributed by atoms with Gasteiger partial charge < -0.3 is 28.1 Å². The molecule has 3 aliphatic carbocycles. The molecule has 8 atom stereocenters. The lowest BCUT2D eigenvalue weighted by Gasteiger charge is -2.62. The van der Waals surface area contributed by atoms with Gasteiger partial charge in [-0.1, -0.05) is 41.5 Å². The van der Waals surface area contributed by atoms with Crippen LogP contribution >= 0.6 is 0 Å². The van der Waals surface area contributed by atoms with E-state index in [1.165, 1.54) is 20.8 Å². The molecule has 0 aromatic heterocycles. The van der Waals surface area contributed by atoms with Crippen LogP contribution in [0.5, 0.6) is 0 Å². The van der Waals surface area contributed by atoms with Gasteiger partial charge in [0.05, 0.1) is 12.2 Å². The molecule has 0 unspecified atom stereocenters. The first-order valence-corrected chi connectivity index (χ1v) is 20.5. The lowest BCUT2D eigenvalue weighted by Crippen LogP contribution is -2.68. The summed E-state index contributed by atoms with van der Waals surface area (Å²) in [6.07, 6.45) is 0.0489. The van der Waals surface area contributed by atoms with E-state index in [2.05, 4.69) is 41.5 Å². The Morgan fingerprint density at radius 3 is 2.06 bits per heavy atom. The van der Waals surface area contributed by atoms with Crippen molar-refractivity contribution in [2.45, 2.75) is 169 Å². The first-order chi connectivity index (χ1) is 22.2. The number of fused-ring (bicyclic) bond motifs is 5. The highest BCUT2D eigenvalue weighted by molar-refractivity contribution is 6.73. The van der Waals surface area contributed by atoms with Gasteiger partial charge in [-0.15, -0.1) is 0 Å². The molecule has 0 spiro atoms. The third-order valence-electron chi connectivity index (χ3n) is 12.2. The molecule has 0 N–H and O–H groups in total. The van der Waals surface area contributed by atoms with Crippen molar-refractivity contribution >= 4 is 32.0 Å². The molecule has 4 aliphatic rings. The number of hydrogen-bond acceptors (Lipinski definition) is 10. The van der Waals surface area contributed by atoms with Crippen LogP contribution in [-0.4, -0.2) is 74.4 Å². The van der Waals surface area contributed by atoms with Crippen molar-refractivity contribution in [3.05, 3.63) is 11.1 Å². The van der Waals surface area contributed by atoms with Gasteiger partial charge in [0.25, 0.3) is 0 Å². The zero-order valence-corrected chi connectivity index (χ0v) is 32.4. The Bertz CT molecular complexity index is 1290. The molecule has 1 saturated heterocycles. The highest BCUT2D eigenvalue weighted by atomic mass is 28.4. The second-order valence-corrected chi connectivity index (χ2v) is 20.9. The van der Waals surface area contributed by atoms with Crippen molar-refractivity contribution < 1.29 is 47.3 Å². The number of carbonyl (C=O) groups excluding carboxylic acids is 4. The summed E-state index contributed by atoms with van der Waals surface area (Å²) in [7, 11) is -2.20. The second-order valence-electron chi connectivity index (χ2n) is 16.2. The number of carbonyl (C=O) groups is 4. The number of ketones is 1. The zero-order valence-electron chi connectivity index (χ0n) is 31.4. The van der Waals surface area contributed by atoms with Crippen LogP contribution in [0.3, 0.4) is 0 Å². The normalized spacial score (nSPS) is 35.4. The van der Waals surface area contributed by atoms with Crippen molar-refractivity contribution in [2.24, 2.45) is 22.7 Å². The Balaban J connectivity index is 2.03. The molecule has 2 bridgehead atoms. The van der Waals surface area contributed by atoms with Gasteiger partial charge in [0.15, 0.2) is 14.1 Å². The summed E-state index contributed by atoms with van der Waals surface area (Å²) in [5.74, 6) is -3.48. The molecule has 0 radical (unpaired) electrons. The molecule has 4 rings (SSSR count). The molecule has 10 nitrogen and oxygen atoms in total. The first kappa shape index (κ1) is 38.7. The minimum atomic E-state index is -2.20. The third kappa shape index (κ3) is 7.21. The Hall–Kier alpha value is -2.08. The average molecular weight is 693 g/mol. The summed E-state index contributed by atoms with van der Waals surface area (Å²) in [4.78, 5) is 50.5. The Labute approximate surface area is 288 Å². The molecular formula is C37H60O10Si. The summed E-state index contributed by atoms with van der Waals surface area (Å²) < 4.78 is 39.4. The number of esters is 3. The van der Waals surface area contributed by atoms with Crippen LogP contribution in [0.25, 0.3) is 0 Å². The maximum Gasteiger partial charge on any atom is 0.313 e. The van der Waals surface area contributed by atoms with Gasteiger partial charge in [-0.3, -0.25) is 19.2 Å². The van der Waals surface area contributed by atoms with Crippen molar-refractivity contribution in [1.29, 1.82) is 0 Å². The van der Waals surface area contributed by atoms with Crippen LogP contribution in [0.4, 0.5) is 0 Å². The standard InChI is InChI=1S/C37H60O10Si/c1-13-48(14-2,15-3)46-28-20-36(12)17-16-29-37(21-42-24(6)39,47-35(10,11)45-29)33(36)32(43-25(7)40)26-19-27(44-30(41)18-22(4)38)23(5)31(28)34(26,8)9/h26-29,32-33H,13-21H2,1-12H3/t26-,27-,28-,29-,32+,33-,36-,37-/m0/s1. The topological polar surface area (TPSA) is 124 Å². The van der Waals surface area contributed by atoms with Crippen LogP contribution < -0.4 is 0 Å². The maximum atomic E-state index is 13.1. The number of hydrogen-bond donors (Lipinski definition) is 0. The fraction of sp³-hybridized carbons (Fsp3) is 0.838. The van der Waals surface area contributed by atoms with Crippen LogP contribution in [0.1, 0.15) is 115 Å². The fourth-order valence-electron chi connectivity index (χ4n) is 9.93. The molecular weight excluding hydrogens is 632 g/mol. The summed E-state index contributed by atoms with van der Waals surface area (Å²) in [6.45, 7) is 23.2. The summed E-state index contributed by atoms with van der Waals surface area (Å²) >= 11 is 0. The SMILES string of the molecule is CC[Si](CC)(CC)O[C@H]1C[C@]2(C)CC[C@@H]3OC(C)(C)O[C@]3(COC(C)=O)[C@H]2[C@H](OC(C)=O)[C@@H]2C[C@H](OC(=O)CC(C)=O)C(C)=C1C2(C)C. The van der Waals surface area contributed by atoms with Crippen LogP contribution in [0.15, 0.2) is 11.1 Å². The Kier molecular flexibility index (Phi) is 11.2. The first-order valence-electron chi connectivity index (χ1n) is 18.0. The van der Waals surface area contributed by atoms with Gasteiger partial charge in [-0.05, 0) is 93.5 Å². The van der Waals surface area contributed by atoms with Gasteiger partial charge in [-0.2, -0.15) is 0 Å². The minimum Gasteiger partial charge on any atom is -0.463 e. The average Bonchev–Trinajstić information content (AvgIpc) is 3.24. The van der Waals surface area contributed by atoms with Crippen LogP contribution in [-0.2, 0) is 47.3 Å². The van der Waals surface area contributed by atoms with E-state index < -0.39 is 72.7 Å². The lowest BCUT2D eigenvalue weighted by atomic mass is 9.48. The van der Waals surface area contributed by atoms with E-state index in [0.29, 0.717) is 19.3 Å². The van der Waals surface area contributed by atoms with Crippen molar-refractivity contribution in [3.8, 4) is 0 Å². The third-order valence-corrected chi connectivity index (χ3v) is 16.8. The molecule has 1 aliphatic heterocycles. The lowest BCUT2D eigenvalue weighted by molar-refractivity contribution is -0.242. The van der Waals surface area contributed by atoms with Crippen molar-refractivity contribution in [2.75, 3.05) is 6.61 Å². The van der Waals surface area contributed by atoms with Crippen molar-refractivity contribution in [3.63, 3.8) is 0 Å². The van der Waals surface area contributed by atoms with Gasteiger partial charge in [0.1, 0.15) is 36.6 Å². The Morgan fingerprint density at radius 2 is 1.52 bits per heavy atom. The quantitative estimate of drug-likeness (QED) is 0.0748. The van der Waals surface area contributed by atoms with E-state index in [0.717, 1.165) is 35.7 Å². The smallest absolute Gasteiger partial charge is 0.313 e. The van der Waals surface area contributed by atoms with Crippen LogP contribution in [0.2, 0.25) is 18.1 Å². The van der Waals surface area contributed by atoms with Crippen LogP contribution in [0, 0.1) is 22.7 Å². The Morgan fingerprint density at radius 1 is 0.896 bits per heavy atom. The van der Waals surface area contributed by atoms with E-state index in [4.69, 9.17) is 28.1 Å². The van der Waals surface area contributed by atoms with Gasteiger partial charge >= 0.3 is 17.9 Å². The maximum absolute atomic E-state index is 13.1. The molecule has 0 aromatic rings. The van der Waals surface area contributed by atoms with E-state index in [9.17, 15) is 19.2 Å². The van der Waals surface area contributed by atoms with Gasteiger partial charge in [0.2, 0.25) is 0 Å². The summed E-state index contributed by atoms with van der Waals surface area (Å²) in [5, 5.41) is 0. The van der Waals surface area contributed by atoms with E-state index in [1.807, 2.05) is 20.8 Å². The predicted octanol–water partition coefficient (Wildman–Crippen LogP) is 6.84.